The molecule has 2 aromatic heterocycles. The summed E-state index contributed by atoms with van der Waals surface area (Å²) in [4.78, 5) is 39.9. The summed E-state index contributed by atoms with van der Waals surface area (Å²) in [7, 11) is 1.22. The number of rotatable bonds is 3. The predicted octanol–water partition coefficient (Wildman–Crippen LogP) is 2.05. The lowest BCUT2D eigenvalue weighted by atomic mass is 10.1. The largest absolute Gasteiger partial charge is 0.464 e. The Hall–Kier alpha value is -3.09. The van der Waals surface area contributed by atoms with Crippen molar-refractivity contribution in [2.45, 2.75) is 13.8 Å². The molecule has 0 aliphatic heterocycles. The van der Waals surface area contributed by atoms with Crippen molar-refractivity contribution in [3.63, 3.8) is 0 Å². The zero-order valence-corrected chi connectivity index (χ0v) is 13.5. The van der Waals surface area contributed by atoms with Crippen molar-refractivity contribution in [1.29, 1.82) is 0 Å². The fourth-order valence-corrected chi connectivity index (χ4v) is 2.91. The van der Waals surface area contributed by atoms with Gasteiger partial charge in [0.1, 0.15) is 5.69 Å². The Kier molecular flexibility index (Phi) is 3.84. The van der Waals surface area contributed by atoms with Crippen LogP contribution in [0.25, 0.3) is 16.4 Å². The number of H-pyrrole nitrogens is 1. The Labute approximate surface area is 136 Å². The smallest absolute Gasteiger partial charge is 0.355 e. The number of carbonyl (C=O) groups is 2. The zero-order valence-electron chi connectivity index (χ0n) is 13.5. The third kappa shape index (κ3) is 2.17. The Morgan fingerprint density at radius 3 is 2.58 bits per heavy atom. The number of esters is 2. The van der Waals surface area contributed by atoms with Gasteiger partial charge in [-0.05, 0) is 25.5 Å². The second kappa shape index (κ2) is 5.84. The lowest BCUT2D eigenvalue weighted by Crippen LogP contribution is -2.21. The zero-order chi connectivity index (χ0) is 17.4. The first-order valence-corrected chi connectivity index (χ1v) is 7.42. The van der Waals surface area contributed by atoms with E-state index in [0.717, 1.165) is 0 Å². The van der Waals surface area contributed by atoms with E-state index >= 15 is 0 Å². The molecule has 0 aliphatic rings. The summed E-state index contributed by atoms with van der Waals surface area (Å²) in [5, 5.41) is 0.637. The van der Waals surface area contributed by atoms with Gasteiger partial charge in [-0.2, -0.15) is 0 Å². The minimum absolute atomic E-state index is 0.0163. The minimum atomic E-state index is -0.696. The van der Waals surface area contributed by atoms with Gasteiger partial charge in [-0.15, -0.1) is 0 Å². The standard InChI is InChI=1S/C17H16N2O5/c1-4-24-15(20)12-9(2)13(16(21)23-3)19-14(12)10-7-5-6-8-11(10)18-17(19)22/h5-8H,4H2,1-3H3,(H,18,22). The number of fused-ring (bicyclic) bond motifs is 3. The maximum Gasteiger partial charge on any atom is 0.355 e. The molecule has 0 amide bonds. The summed E-state index contributed by atoms with van der Waals surface area (Å²) in [6.07, 6.45) is 0. The third-order valence-electron chi connectivity index (χ3n) is 3.90. The third-order valence-corrected chi connectivity index (χ3v) is 3.90. The summed E-state index contributed by atoms with van der Waals surface area (Å²) in [5.41, 5.74) is 0.937. The van der Waals surface area contributed by atoms with Gasteiger partial charge in [-0.25, -0.2) is 14.4 Å². The minimum Gasteiger partial charge on any atom is -0.464 e. The van der Waals surface area contributed by atoms with Gasteiger partial charge >= 0.3 is 17.6 Å². The SMILES string of the molecule is CCOC(=O)c1c(C)c(C(=O)OC)n2c(=O)[nH]c3ccccc3c12. The van der Waals surface area contributed by atoms with Crippen LogP contribution in [-0.2, 0) is 9.47 Å². The number of carbonyl (C=O) groups excluding carboxylic acids is 2. The number of aromatic amines is 1. The molecule has 0 fully saturated rings. The van der Waals surface area contributed by atoms with Gasteiger partial charge in [0.05, 0.1) is 30.3 Å². The van der Waals surface area contributed by atoms with Crippen molar-refractivity contribution < 1.29 is 19.1 Å². The van der Waals surface area contributed by atoms with Gasteiger partial charge in [0.25, 0.3) is 0 Å². The van der Waals surface area contributed by atoms with Gasteiger partial charge in [0.15, 0.2) is 0 Å². The summed E-state index contributed by atoms with van der Waals surface area (Å²) >= 11 is 0. The van der Waals surface area contributed by atoms with Crippen molar-refractivity contribution >= 4 is 28.4 Å². The first-order valence-electron chi connectivity index (χ1n) is 7.42. The lowest BCUT2D eigenvalue weighted by Gasteiger charge is -2.05. The normalized spacial score (nSPS) is 11.0. The second-order valence-corrected chi connectivity index (χ2v) is 5.22. The van der Waals surface area contributed by atoms with Crippen LogP contribution in [0, 0.1) is 6.92 Å². The number of nitrogens with one attached hydrogen (secondary N) is 1. The van der Waals surface area contributed by atoms with E-state index in [0.29, 0.717) is 22.0 Å². The predicted molar refractivity (Wildman–Crippen MR) is 87.6 cm³/mol. The molecule has 1 N–H and O–H groups in total. The maximum absolute atomic E-state index is 12.5. The van der Waals surface area contributed by atoms with E-state index in [2.05, 4.69) is 4.98 Å². The molecule has 3 rings (SSSR count). The van der Waals surface area contributed by atoms with E-state index in [1.165, 1.54) is 11.5 Å². The van der Waals surface area contributed by atoms with Gasteiger partial charge < -0.3 is 14.5 Å². The van der Waals surface area contributed by atoms with Crippen molar-refractivity contribution in [2.24, 2.45) is 0 Å². The molecule has 3 aromatic rings. The van der Waals surface area contributed by atoms with E-state index < -0.39 is 17.6 Å². The average molecular weight is 328 g/mol. The summed E-state index contributed by atoms with van der Waals surface area (Å²) < 4.78 is 11.1. The number of aromatic nitrogens is 2. The Bertz CT molecular complexity index is 1030. The number of hydrogen-bond acceptors (Lipinski definition) is 5. The van der Waals surface area contributed by atoms with Crippen LogP contribution >= 0.6 is 0 Å². The summed E-state index contributed by atoms with van der Waals surface area (Å²) in [6.45, 7) is 3.47. The topological polar surface area (TPSA) is 89.9 Å². The van der Waals surface area contributed by atoms with Crippen LogP contribution in [0.3, 0.4) is 0 Å². The molecule has 0 radical (unpaired) electrons. The van der Waals surface area contributed by atoms with E-state index in [-0.39, 0.29) is 17.9 Å². The number of hydrogen-bond donors (Lipinski definition) is 1. The Morgan fingerprint density at radius 2 is 1.92 bits per heavy atom. The number of ether oxygens (including phenoxy) is 2. The number of methoxy groups -OCH3 is 1. The average Bonchev–Trinajstić information content (AvgIpc) is 2.88. The van der Waals surface area contributed by atoms with E-state index in [4.69, 9.17) is 9.47 Å². The van der Waals surface area contributed by atoms with Gasteiger partial charge in [0.2, 0.25) is 0 Å². The van der Waals surface area contributed by atoms with Gasteiger partial charge in [0, 0.05) is 5.39 Å². The molecule has 0 aliphatic carbocycles. The number of nitrogens with zero attached hydrogens (tertiary/aromatic N) is 1. The van der Waals surface area contributed by atoms with Gasteiger partial charge in [-0.1, -0.05) is 18.2 Å². The molecular weight excluding hydrogens is 312 g/mol. The Morgan fingerprint density at radius 1 is 1.21 bits per heavy atom. The first-order chi connectivity index (χ1) is 11.5. The molecule has 0 spiro atoms. The molecule has 124 valence electrons. The monoisotopic (exact) mass is 328 g/mol. The van der Waals surface area contributed by atoms with Crippen LogP contribution in [0.1, 0.15) is 33.3 Å². The highest BCUT2D eigenvalue weighted by molar-refractivity contribution is 6.11. The molecule has 0 saturated carbocycles. The molecule has 7 heteroatoms. The van der Waals surface area contributed by atoms with Crippen LogP contribution in [0.2, 0.25) is 0 Å². The molecule has 1 aromatic carbocycles. The summed E-state index contributed by atoms with van der Waals surface area (Å²) in [5.74, 6) is -1.28. The molecule has 0 saturated heterocycles. The number of para-hydroxylation sites is 1. The van der Waals surface area contributed by atoms with E-state index in [1.54, 1.807) is 38.1 Å². The fraction of sp³-hybridized carbons (Fsp3) is 0.235. The molecular formula is C17H16N2O5. The van der Waals surface area contributed by atoms with Crippen LogP contribution in [0.15, 0.2) is 29.1 Å². The van der Waals surface area contributed by atoms with E-state index in [9.17, 15) is 14.4 Å². The quantitative estimate of drug-likeness (QED) is 0.743. The van der Waals surface area contributed by atoms with Crippen molar-refractivity contribution in [2.75, 3.05) is 13.7 Å². The highest BCUT2D eigenvalue weighted by Gasteiger charge is 2.28. The molecule has 0 bridgehead atoms. The van der Waals surface area contributed by atoms with Crippen molar-refractivity contribution in [3.05, 3.63) is 51.6 Å². The number of benzene rings is 1. The molecule has 2 heterocycles. The molecule has 0 atom stereocenters. The van der Waals surface area contributed by atoms with Crippen molar-refractivity contribution in [3.8, 4) is 0 Å². The molecule has 24 heavy (non-hydrogen) atoms. The first kappa shape index (κ1) is 15.8. The highest BCUT2D eigenvalue weighted by Crippen LogP contribution is 2.28. The van der Waals surface area contributed by atoms with Crippen LogP contribution < -0.4 is 5.69 Å². The van der Waals surface area contributed by atoms with Crippen molar-refractivity contribution in [1.82, 2.24) is 9.38 Å². The molecule has 0 unspecified atom stereocenters. The van der Waals surface area contributed by atoms with Crippen LogP contribution in [0.4, 0.5) is 0 Å². The summed E-state index contributed by atoms with van der Waals surface area (Å²) in [6, 6.07) is 7.06. The van der Waals surface area contributed by atoms with Crippen LogP contribution in [-0.4, -0.2) is 35.0 Å². The van der Waals surface area contributed by atoms with E-state index in [1.807, 2.05) is 0 Å². The second-order valence-electron chi connectivity index (χ2n) is 5.22. The molecule has 7 nitrogen and oxygen atoms in total. The van der Waals surface area contributed by atoms with Gasteiger partial charge in [-0.3, -0.25) is 4.40 Å². The van der Waals surface area contributed by atoms with Crippen LogP contribution in [0.5, 0.6) is 0 Å². The fourth-order valence-electron chi connectivity index (χ4n) is 2.91. The Balaban J connectivity index is 2.58. The maximum atomic E-state index is 12.5. The highest BCUT2D eigenvalue weighted by atomic mass is 16.5. The lowest BCUT2D eigenvalue weighted by molar-refractivity contribution is 0.0528.